The van der Waals surface area contributed by atoms with Gasteiger partial charge in [0.15, 0.2) is 0 Å². The van der Waals surface area contributed by atoms with E-state index in [4.69, 9.17) is 9.26 Å². The summed E-state index contributed by atoms with van der Waals surface area (Å²) >= 11 is 1.85. The summed E-state index contributed by atoms with van der Waals surface area (Å²) in [5.74, 6) is 3.82. The summed E-state index contributed by atoms with van der Waals surface area (Å²) < 4.78 is 11.0. The third-order valence-electron chi connectivity index (χ3n) is 3.31. The van der Waals surface area contributed by atoms with Gasteiger partial charge in [-0.2, -0.15) is 11.8 Å². The number of hydrogen-bond donors (Lipinski definition) is 0. The molecule has 20 heavy (non-hydrogen) atoms. The Kier molecular flexibility index (Phi) is 5.12. The number of aromatic nitrogens is 1. The molecule has 3 nitrogen and oxygen atoms in total. The van der Waals surface area contributed by atoms with Crippen molar-refractivity contribution >= 4 is 11.8 Å². The molecule has 1 aromatic heterocycles. The molecule has 0 aliphatic carbocycles. The van der Waals surface area contributed by atoms with Crippen LogP contribution >= 0.6 is 11.8 Å². The molecule has 0 atom stereocenters. The van der Waals surface area contributed by atoms with Crippen molar-refractivity contribution in [3.05, 3.63) is 46.3 Å². The topological polar surface area (TPSA) is 35.3 Å². The van der Waals surface area contributed by atoms with Gasteiger partial charge in [-0.1, -0.05) is 23.4 Å². The SMILES string of the molecule is Cc1cccc(C)c1OCCSCc1c(C)noc1C. The first-order valence-corrected chi connectivity index (χ1v) is 7.93. The minimum atomic E-state index is 0.722. The lowest BCUT2D eigenvalue weighted by Gasteiger charge is -2.11. The van der Waals surface area contributed by atoms with Crippen molar-refractivity contribution in [2.24, 2.45) is 0 Å². The van der Waals surface area contributed by atoms with Crippen molar-refractivity contribution in [3.63, 3.8) is 0 Å². The molecule has 0 N–H and O–H groups in total. The van der Waals surface area contributed by atoms with Gasteiger partial charge in [-0.25, -0.2) is 0 Å². The van der Waals surface area contributed by atoms with Crippen LogP contribution in [-0.2, 0) is 5.75 Å². The first-order chi connectivity index (χ1) is 9.59. The molecule has 4 heteroatoms. The van der Waals surface area contributed by atoms with Crippen LogP contribution in [0.1, 0.15) is 28.1 Å². The van der Waals surface area contributed by atoms with E-state index in [-0.39, 0.29) is 0 Å². The normalized spacial score (nSPS) is 10.8. The van der Waals surface area contributed by atoms with E-state index in [1.54, 1.807) is 0 Å². The molecular weight excluding hydrogens is 270 g/mol. The van der Waals surface area contributed by atoms with Crippen LogP contribution in [0, 0.1) is 27.7 Å². The van der Waals surface area contributed by atoms with Crippen LogP contribution < -0.4 is 4.74 Å². The second-order valence-electron chi connectivity index (χ2n) is 4.92. The summed E-state index contributed by atoms with van der Waals surface area (Å²) in [5, 5.41) is 3.97. The molecular formula is C16H21NO2S. The van der Waals surface area contributed by atoms with Crippen LogP contribution in [0.4, 0.5) is 0 Å². The number of thioether (sulfide) groups is 1. The van der Waals surface area contributed by atoms with E-state index in [0.29, 0.717) is 0 Å². The standard InChI is InChI=1S/C16H21NO2S/c1-11-6-5-7-12(2)16(11)18-8-9-20-10-15-13(3)17-19-14(15)4/h5-7H,8-10H2,1-4H3. The largest absolute Gasteiger partial charge is 0.492 e. The van der Waals surface area contributed by atoms with Crippen molar-refractivity contribution in [3.8, 4) is 5.75 Å². The molecule has 0 amide bonds. The molecule has 0 bridgehead atoms. The maximum absolute atomic E-state index is 5.89. The van der Waals surface area contributed by atoms with Crippen molar-refractivity contribution in [1.82, 2.24) is 5.16 Å². The Hall–Kier alpha value is -1.42. The van der Waals surface area contributed by atoms with Gasteiger partial charge in [0.25, 0.3) is 0 Å². The maximum atomic E-state index is 5.89. The van der Waals surface area contributed by atoms with Gasteiger partial charge >= 0.3 is 0 Å². The Morgan fingerprint density at radius 1 is 1.15 bits per heavy atom. The number of benzene rings is 1. The van der Waals surface area contributed by atoms with Crippen molar-refractivity contribution in [2.75, 3.05) is 12.4 Å². The lowest BCUT2D eigenvalue weighted by Crippen LogP contribution is -2.03. The number of hydrogen-bond acceptors (Lipinski definition) is 4. The fourth-order valence-corrected chi connectivity index (χ4v) is 3.07. The van der Waals surface area contributed by atoms with Gasteiger partial charge in [-0.05, 0) is 38.8 Å². The van der Waals surface area contributed by atoms with Crippen molar-refractivity contribution < 1.29 is 9.26 Å². The zero-order valence-corrected chi connectivity index (χ0v) is 13.3. The molecule has 0 unspecified atom stereocenters. The van der Waals surface area contributed by atoms with Gasteiger partial charge in [0.05, 0.1) is 12.3 Å². The Morgan fingerprint density at radius 3 is 2.45 bits per heavy atom. The van der Waals surface area contributed by atoms with Gasteiger partial charge in [-0.3, -0.25) is 0 Å². The Balaban J connectivity index is 1.77. The summed E-state index contributed by atoms with van der Waals surface area (Å²) in [6, 6.07) is 6.22. The van der Waals surface area contributed by atoms with Crippen LogP contribution in [0.25, 0.3) is 0 Å². The molecule has 0 aliphatic rings. The molecule has 108 valence electrons. The highest BCUT2D eigenvalue weighted by atomic mass is 32.2. The van der Waals surface area contributed by atoms with Gasteiger partial charge in [0.1, 0.15) is 11.5 Å². The van der Waals surface area contributed by atoms with Crippen LogP contribution in [0.5, 0.6) is 5.75 Å². The number of aryl methyl sites for hydroxylation is 4. The molecule has 2 rings (SSSR count). The first-order valence-electron chi connectivity index (χ1n) is 6.78. The van der Waals surface area contributed by atoms with Gasteiger partial charge in [0, 0.05) is 17.1 Å². The highest BCUT2D eigenvalue weighted by Crippen LogP contribution is 2.23. The third kappa shape index (κ3) is 3.57. The molecule has 0 saturated heterocycles. The van der Waals surface area contributed by atoms with Gasteiger partial charge in [-0.15, -0.1) is 0 Å². The molecule has 0 radical (unpaired) electrons. The number of ether oxygens (including phenoxy) is 1. The molecule has 1 aromatic carbocycles. The van der Waals surface area contributed by atoms with Crippen molar-refractivity contribution in [1.29, 1.82) is 0 Å². The van der Waals surface area contributed by atoms with Crippen LogP contribution in [0.15, 0.2) is 22.7 Å². The van der Waals surface area contributed by atoms with Crippen LogP contribution in [-0.4, -0.2) is 17.5 Å². The highest BCUT2D eigenvalue weighted by Gasteiger charge is 2.08. The quantitative estimate of drug-likeness (QED) is 0.746. The highest BCUT2D eigenvalue weighted by molar-refractivity contribution is 7.98. The Bertz CT molecular complexity index is 538. The fourth-order valence-electron chi connectivity index (χ4n) is 2.11. The van der Waals surface area contributed by atoms with Crippen molar-refractivity contribution in [2.45, 2.75) is 33.4 Å². The summed E-state index contributed by atoms with van der Waals surface area (Å²) in [4.78, 5) is 0. The third-order valence-corrected chi connectivity index (χ3v) is 4.26. The zero-order valence-electron chi connectivity index (χ0n) is 12.5. The molecule has 2 aromatic rings. The van der Waals surface area contributed by atoms with Gasteiger partial charge < -0.3 is 9.26 Å². The molecule has 0 aliphatic heterocycles. The Morgan fingerprint density at radius 2 is 1.85 bits per heavy atom. The second-order valence-corrected chi connectivity index (χ2v) is 6.03. The minimum Gasteiger partial charge on any atom is -0.492 e. The predicted octanol–water partition coefficient (Wildman–Crippen LogP) is 4.22. The number of nitrogens with zero attached hydrogens (tertiary/aromatic N) is 1. The van der Waals surface area contributed by atoms with Crippen LogP contribution in [0.3, 0.4) is 0 Å². The summed E-state index contributed by atoms with van der Waals surface area (Å²) in [6.07, 6.45) is 0. The smallest absolute Gasteiger partial charge is 0.137 e. The lowest BCUT2D eigenvalue weighted by molar-refractivity contribution is 0.339. The molecule has 1 heterocycles. The van der Waals surface area contributed by atoms with E-state index in [2.05, 4.69) is 37.2 Å². The number of rotatable bonds is 6. The van der Waals surface area contributed by atoms with E-state index >= 15 is 0 Å². The van der Waals surface area contributed by atoms with E-state index in [1.165, 1.54) is 16.7 Å². The molecule has 0 saturated carbocycles. The monoisotopic (exact) mass is 291 g/mol. The fraction of sp³-hybridized carbons (Fsp3) is 0.438. The average molecular weight is 291 g/mol. The molecule has 0 spiro atoms. The summed E-state index contributed by atoms with van der Waals surface area (Å²) in [7, 11) is 0. The number of para-hydroxylation sites is 1. The summed E-state index contributed by atoms with van der Waals surface area (Å²) in [5.41, 5.74) is 4.59. The maximum Gasteiger partial charge on any atom is 0.137 e. The van der Waals surface area contributed by atoms with E-state index < -0.39 is 0 Å². The predicted molar refractivity (Wildman–Crippen MR) is 83.6 cm³/mol. The second kappa shape index (κ2) is 6.84. The van der Waals surface area contributed by atoms with Gasteiger partial charge in [0.2, 0.25) is 0 Å². The first kappa shape index (κ1) is 15.0. The van der Waals surface area contributed by atoms with E-state index in [1.807, 2.05) is 25.6 Å². The Labute approximate surface area is 124 Å². The minimum absolute atomic E-state index is 0.722. The van der Waals surface area contributed by atoms with Crippen LogP contribution in [0.2, 0.25) is 0 Å². The molecule has 0 fully saturated rings. The zero-order chi connectivity index (χ0) is 14.5. The van der Waals surface area contributed by atoms with E-state index in [9.17, 15) is 0 Å². The van der Waals surface area contributed by atoms with E-state index in [0.717, 1.165) is 35.3 Å². The average Bonchev–Trinajstić information content (AvgIpc) is 2.72. The lowest BCUT2D eigenvalue weighted by atomic mass is 10.1. The summed E-state index contributed by atoms with van der Waals surface area (Å²) in [6.45, 7) is 8.83.